The number of carbonyl (C=O) groups is 1. The fourth-order valence-electron chi connectivity index (χ4n) is 0.777. The van der Waals surface area contributed by atoms with Crippen LogP contribution in [0.25, 0.3) is 0 Å². The van der Waals surface area contributed by atoms with Crippen LogP contribution in [0, 0.1) is 0 Å². The third-order valence-electron chi connectivity index (χ3n) is 1.28. The van der Waals surface area contributed by atoms with Gasteiger partial charge in [0.15, 0.2) is 0 Å². The summed E-state index contributed by atoms with van der Waals surface area (Å²) < 4.78 is 0. The molecule has 0 aliphatic carbocycles. The standard InChI is InChI=1S/C8H9NO2/c1-11-9-8(10)7-5-3-2-4-6-7/h2-6H,1H3,(H,9,10)/p+1. The minimum atomic E-state index is -0.104. The van der Waals surface area contributed by atoms with Gasteiger partial charge in [0.25, 0.3) is 0 Å². The Morgan fingerprint density at radius 2 is 2.00 bits per heavy atom. The minimum Gasteiger partial charge on any atom is -0.222 e. The molecular formula is C8H10NO2+. The van der Waals surface area contributed by atoms with Crippen molar-refractivity contribution in [2.45, 2.75) is 0 Å². The lowest BCUT2D eigenvalue weighted by molar-refractivity contribution is -0.814. The van der Waals surface area contributed by atoms with Crippen LogP contribution in [0.1, 0.15) is 10.4 Å². The molecule has 1 rings (SSSR count). The fourth-order valence-corrected chi connectivity index (χ4v) is 0.777. The van der Waals surface area contributed by atoms with Crippen molar-refractivity contribution >= 4 is 5.91 Å². The molecule has 58 valence electrons. The number of primary amides is 1. The summed E-state index contributed by atoms with van der Waals surface area (Å²) in [5.74, 6) is -0.104. The second kappa shape index (κ2) is 3.85. The first kappa shape index (κ1) is 7.91. The molecule has 0 radical (unpaired) electrons. The number of carbonyl (C=O) groups excluding carboxylic acids is 1. The number of amides is 1. The SMILES string of the molecule is CO[NH2+]C(=O)c1ccccc1. The number of rotatable bonds is 2. The van der Waals surface area contributed by atoms with E-state index in [0.717, 1.165) is 0 Å². The monoisotopic (exact) mass is 152 g/mol. The van der Waals surface area contributed by atoms with Crippen LogP contribution in [-0.2, 0) is 4.84 Å². The van der Waals surface area contributed by atoms with E-state index in [0.29, 0.717) is 5.56 Å². The molecule has 1 aromatic rings. The van der Waals surface area contributed by atoms with Crippen molar-refractivity contribution in [3.63, 3.8) is 0 Å². The van der Waals surface area contributed by atoms with E-state index in [9.17, 15) is 4.79 Å². The van der Waals surface area contributed by atoms with Gasteiger partial charge < -0.3 is 0 Å². The maximum absolute atomic E-state index is 11.1. The summed E-state index contributed by atoms with van der Waals surface area (Å²) >= 11 is 0. The third kappa shape index (κ3) is 2.14. The van der Waals surface area contributed by atoms with Crippen LogP contribution >= 0.6 is 0 Å². The van der Waals surface area contributed by atoms with Gasteiger partial charge in [-0.3, -0.25) is 0 Å². The Labute approximate surface area is 64.9 Å². The van der Waals surface area contributed by atoms with Crippen LogP contribution in [-0.4, -0.2) is 13.0 Å². The van der Waals surface area contributed by atoms with Crippen LogP contribution in [0.3, 0.4) is 0 Å². The maximum atomic E-state index is 11.1. The largest absolute Gasteiger partial charge is 0.374 e. The molecule has 0 saturated carbocycles. The molecule has 3 nitrogen and oxygen atoms in total. The van der Waals surface area contributed by atoms with Gasteiger partial charge in [-0.1, -0.05) is 18.2 Å². The normalized spacial score (nSPS) is 9.55. The van der Waals surface area contributed by atoms with Gasteiger partial charge in [-0.2, -0.15) is 0 Å². The second-order valence-electron chi connectivity index (χ2n) is 2.08. The number of hydroxylamine groups is 1. The molecule has 0 atom stereocenters. The number of quaternary nitrogens is 1. The lowest BCUT2D eigenvalue weighted by Crippen LogP contribution is -2.86. The lowest BCUT2D eigenvalue weighted by atomic mass is 10.2. The van der Waals surface area contributed by atoms with E-state index in [1.54, 1.807) is 12.1 Å². The van der Waals surface area contributed by atoms with Gasteiger partial charge in [-0.25, -0.2) is 9.63 Å². The Hall–Kier alpha value is -1.19. The van der Waals surface area contributed by atoms with Gasteiger partial charge in [0, 0.05) is 0 Å². The number of nitrogens with two attached hydrogens (primary N) is 1. The van der Waals surface area contributed by atoms with E-state index in [1.807, 2.05) is 18.2 Å². The molecule has 0 heterocycles. The molecule has 0 aromatic heterocycles. The Balaban J connectivity index is 2.69. The number of hydrogen-bond acceptors (Lipinski definition) is 2. The van der Waals surface area contributed by atoms with Crippen molar-refractivity contribution in [3.8, 4) is 0 Å². The average Bonchev–Trinajstić information content (AvgIpc) is 2.07. The van der Waals surface area contributed by atoms with E-state index in [2.05, 4.69) is 4.84 Å². The Morgan fingerprint density at radius 1 is 1.36 bits per heavy atom. The number of benzene rings is 1. The van der Waals surface area contributed by atoms with E-state index in [1.165, 1.54) is 12.6 Å². The van der Waals surface area contributed by atoms with Crippen LogP contribution in [0.4, 0.5) is 0 Å². The predicted octanol–water partition coefficient (Wildman–Crippen LogP) is -0.0484. The molecule has 0 bridgehead atoms. The van der Waals surface area contributed by atoms with Gasteiger partial charge in [0.1, 0.15) is 0 Å². The summed E-state index contributed by atoms with van der Waals surface area (Å²) in [5, 5.41) is 0. The summed E-state index contributed by atoms with van der Waals surface area (Å²) in [7, 11) is 1.46. The number of hydrogen-bond donors (Lipinski definition) is 1. The van der Waals surface area contributed by atoms with E-state index in [-0.39, 0.29) is 5.91 Å². The molecule has 0 aliphatic heterocycles. The molecule has 1 aromatic carbocycles. The van der Waals surface area contributed by atoms with Crippen LogP contribution in [0.15, 0.2) is 30.3 Å². The molecule has 2 N–H and O–H groups in total. The third-order valence-corrected chi connectivity index (χ3v) is 1.28. The van der Waals surface area contributed by atoms with Crippen LogP contribution < -0.4 is 5.48 Å². The zero-order valence-corrected chi connectivity index (χ0v) is 6.28. The highest BCUT2D eigenvalue weighted by Gasteiger charge is 2.07. The minimum absolute atomic E-state index is 0.104. The summed E-state index contributed by atoms with van der Waals surface area (Å²) in [6.07, 6.45) is 0. The van der Waals surface area contributed by atoms with Gasteiger partial charge in [0.2, 0.25) is 0 Å². The molecule has 0 spiro atoms. The smallest absolute Gasteiger partial charge is 0.222 e. The Bertz CT molecular complexity index is 233. The van der Waals surface area contributed by atoms with Gasteiger partial charge in [0.05, 0.1) is 12.7 Å². The molecule has 0 aliphatic rings. The van der Waals surface area contributed by atoms with Crippen molar-refractivity contribution in [1.82, 2.24) is 0 Å². The summed E-state index contributed by atoms with van der Waals surface area (Å²) in [6.45, 7) is 0. The first-order valence-electron chi connectivity index (χ1n) is 3.30. The van der Waals surface area contributed by atoms with E-state index >= 15 is 0 Å². The first-order chi connectivity index (χ1) is 5.34. The van der Waals surface area contributed by atoms with Crippen molar-refractivity contribution < 1.29 is 15.1 Å². The van der Waals surface area contributed by atoms with Crippen molar-refractivity contribution in [2.75, 3.05) is 7.11 Å². The fraction of sp³-hybridized carbons (Fsp3) is 0.125. The molecule has 1 amide bonds. The molecular weight excluding hydrogens is 142 g/mol. The van der Waals surface area contributed by atoms with E-state index in [4.69, 9.17) is 0 Å². The topological polar surface area (TPSA) is 42.9 Å². The maximum Gasteiger partial charge on any atom is 0.374 e. The van der Waals surface area contributed by atoms with Crippen LogP contribution in [0.5, 0.6) is 0 Å². The highest BCUT2D eigenvalue weighted by atomic mass is 16.6. The average molecular weight is 152 g/mol. The predicted molar refractivity (Wildman–Crippen MR) is 39.7 cm³/mol. The highest BCUT2D eigenvalue weighted by molar-refractivity contribution is 5.85. The zero-order valence-electron chi connectivity index (χ0n) is 6.28. The summed E-state index contributed by atoms with van der Waals surface area (Å²) in [4.78, 5) is 15.6. The van der Waals surface area contributed by atoms with Gasteiger partial charge in [-0.05, 0) is 12.1 Å². The Kier molecular flexibility index (Phi) is 2.77. The van der Waals surface area contributed by atoms with Crippen molar-refractivity contribution in [3.05, 3.63) is 35.9 Å². The summed E-state index contributed by atoms with van der Waals surface area (Å²) in [6, 6.07) is 8.99. The first-order valence-corrected chi connectivity index (χ1v) is 3.30. The molecule has 0 unspecified atom stereocenters. The second-order valence-corrected chi connectivity index (χ2v) is 2.08. The molecule has 11 heavy (non-hydrogen) atoms. The summed E-state index contributed by atoms with van der Waals surface area (Å²) in [5.41, 5.74) is 1.84. The molecule has 0 fully saturated rings. The van der Waals surface area contributed by atoms with Gasteiger partial charge in [-0.15, -0.1) is 5.48 Å². The van der Waals surface area contributed by atoms with E-state index < -0.39 is 0 Å². The zero-order chi connectivity index (χ0) is 8.10. The molecule has 3 heteroatoms. The lowest BCUT2D eigenvalue weighted by Gasteiger charge is -1.93. The van der Waals surface area contributed by atoms with Crippen molar-refractivity contribution in [1.29, 1.82) is 0 Å². The Morgan fingerprint density at radius 3 is 2.55 bits per heavy atom. The van der Waals surface area contributed by atoms with Crippen molar-refractivity contribution in [2.24, 2.45) is 0 Å². The quantitative estimate of drug-likeness (QED) is 0.604. The van der Waals surface area contributed by atoms with Gasteiger partial charge >= 0.3 is 5.91 Å². The molecule has 0 saturated heterocycles. The highest BCUT2D eigenvalue weighted by Crippen LogP contribution is 1.94. The van der Waals surface area contributed by atoms with Crippen LogP contribution in [0.2, 0.25) is 0 Å².